The number of aryl methyl sites for hydroxylation is 1. The third-order valence-electron chi connectivity index (χ3n) is 5.97. The number of amides is 1. The van der Waals surface area contributed by atoms with Crippen molar-refractivity contribution in [2.45, 2.75) is 51.7 Å². The minimum atomic E-state index is -0.568. The van der Waals surface area contributed by atoms with Crippen molar-refractivity contribution in [1.29, 1.82) is 0 Å². The summed E-state index contributed by atoms with van der Waals surface area (Å²) in [5.41, 5.74) is 2.08. The molecule has 0 saturated carbocycles. The molecule has 3 heterocycles. The Kier molecular flexibility index (Phi) is 5.48. The summed E-state index contributed by atoms with van der Waals surface area (Å²) in [6.45, 7) is 9.59. The molecule has 160 valence electrons. The summed E-state index contributed by atoms with van der Waals surface area (Å²) in [6, 6.07) is 9.53. The average molecular weight is 413 g/mol. The zero-order chi connectivity index (χ0) is 21.5. The van der Waals surface area contributed by atoms with Crippen LogP contribution in [-0.2, 0) is 32.4 Å². The third-order valence-corrected chi connectivity index (χ3v) is 5.97. The number of benzene rings is 1. The van der Waals surface area contributed by atoms with Crippen LogP contribution in [0.5, 0.6) is 0 Å². The molecule has 1 N–H and O–H groups in total. The molecule has 2 saturated heterocycles. The normalized spacial score (nSPS) is 20.6. The van der Waals surface area contributed by atoms with Gasteiger partial charge in [-0.15, -0.1) is 0 Å². The molecule has 1 amide bonds. The van der Waals surface area contributed by atoms with Crippen molar-refractivity contribution in [3.05, 3.63) is 47.2 Å². The maximum Gasteiger partial charge on any atom is 0.514 e. The fourth-order valence-electron chi connectivity index (χ4n) is 3.39. The lowest BCUT2D eigenvalue weighted by atomic mass is 9.84. The van der Waals surface area contributed by atoms with E-state index in [1.165, 1.54) is 0 Å². The molecule has 0 bridgehead atoms. The first-order valence-electron chi connectivity index (χ1n) is 10.2. The zero-order valence-electron chi connectivity index (χ0n) is 18.1. The number of carbonyl (C=O) groups is 1. The highest BCUT2D eigenvalue weighted by atomic mass is 16.7. The van der Waals surface area contributed by atoms with Crippen LogP contribution in [0.3, 0.4) is 0 Å². The van der Waals surface area contributed by atoms with Crippen molar-refractivity contribution in [2.24, 2.45) is 7.05 Å². The number of hydrogen-bond donors (Lipinski definition) is 1. The second kappa shape index (κ2) is 7.81. The van der Waals surface area contributed by atoms with Gasteiger partial charge in [-0.1, -0.05) is 24.3 Å². The first-order valence-corrected chi connectivity index (χ1v) is 10.2. The van der Waals surface area contributed by atoms with Crippen molar-refractivity contribution >= 4 is 18.6 Å². The van der Waals surface area contributed by atoms with Crippen molar-refractivity contribution in [3.8, 4) is 0 Å². The Hall–Kier alpha value is -2.20. The summed E-state index contributed by atoms with van der Waals surface area (Å²) in [5, 5.41) is 7.25. The summed E-state index contributed by atoms with van der Waals surface area (Å²) in [4.78, 5) is 12.6. The molecule has 8 nitrogen and oxygen atoms in total. The van der Waals surface area contributed by atoms with Crippen LogP contribution in [0.4, 0.5) is 0 Å². The minimum Gasteiger partial charge on any atom is -0.398 e. The molecule has 0 unspecified atom stereocenters. The van der Waals surface area contributed by atoms with Gasteiger partial charge in [-0.2, -0.15) is 5.10 Å². The summed E-state index contributed by atoms with van der Waals surface area (Å²) in [5.74, 6) is -0.250. The molecule has 0 radical (unpaired) electrons. The minimum absolute atomic E-state index is 0.250. The van der Waals surface area contributed by atoms with Crippen molar-refractivity contribution in [1.82, 2.24) is 15.1 Å². The van der Waals surface area contributed by atoms with Crippen LogP contribution < -0.4 is 10.9 Å². The van der Waals surface area contributed by atoms with E-state index in [0.717, 1.165) is 11.1 Å². The molecule has 4 rings (SSSR count). The molecule has 2 fully saturated rings. The van der Waals surface area contributed by atoms with Crippen LogP contribution in [0.25, 0.3) is 0 Å². The maximum absolute atomic E-state index is 12.6. The molecule has 1 aromatic carbocycles. The molecule has 0 atom stereocenters. The predicted octanol–water partition coefficient (Wildman–Crippen LogP) is 1.69. The van der Waals surface area contributed by atoms with E-state index >= 15 is 0 Å². The largest absolute Gasteiger partial charge is 0.514 e. The molecule has 0 aliphatic carbocycles. The zero-order valence-corrected chi connectivity index (χ0v) is 18.1. The number of aromatic nitrogens is 2. The van der Waals surface area contributed by atoms with Gasteiger partial charge < -0.3 is 24.1 Å². The number of nitrogens with one attached hydrogen (secondary N) is 1. The molecule has 1 aromatic heterocycles. The first-order chi connectivity index (χ1) is 14.2. The second-order valence-corrected chi connectivity index (χ2v) is 8.66. The molecule has 30 heavy (non-hydrogen) atoms. The van der Waals surface area contributed by atoms with Crippen LogP contribution >= 0.6 is 0 Å². The van der Waals surface area contributed by atoms with E-state index in [-0.39, 0.29) is 12.2 Å². The van der Waals surface area contributed by atoms with Gasteiger partial charge in [0.25, 0.3) is 5.91 Å². The van der Waals surface area contributed by atoms with Crippen LogP contribution in [-0.4, -0.2) is 47.2 Å². The maximum atomic E-state index is 12.6. The van der Waals surface area contributed by atoms with E-state index in [1.807, 2.05) is 52.0 Å². The van der Waals surface area contributed by atoms with Gasteiger partial charge in [0.2, 0.25) is 0 Å². The highest BCUT2D eigenvalue weighted by Gasteiger charge is 2.52. The van der Waals surface area contributed by atoms with E-state index in [0.29, 0.717) is 31.0 Å². The summed E-state index contributed by atoms with van der Waals surface area (Å²) >= 11 is 0. The van der Waals surface area contributed by atoms with Gasteiger partial charge in [-0.25, -0.2) is 0 Å². The first kappa shape index (κ1) is 21.1. The third kappa shape index (κ3) is 4.03. The second-order valence-electron chi connectivity index (χ2n) is 8.66. The molecule has 9 heteroatoms. The molecule has 2 aliphatic rings. The van der Waals surface area contributed by atoms with E-state index < -0.39 is 18.3 Å². The Morgan fingerprint density at radius 3 is 2.33 bits per heavy atom. The van der Waals surface area contributed by atoms with Gasteiger partial charge in [-0.05, 0) is 39.3 Å². The topological polar surface area (TPSA) is 83.8 Å². The lowest BCUT2D eigenvalue weighted by Crippen LogP contribution is -2.41. The lowest BCUT2D eigenvalue weighted by molar-refractivity contribution is -0.0441. The Bertz CT molecular complexity index is 903. The quantitative estimate of drug-likeness (QED) is 0.752. The van der Waals surface area contributed by atoms with Crippen molar-refractivity contribution in [3.63, 3.8) is 0 Å². The van der Waals surface area contributed by atoms with Gasteiger partial charge in [0.1, 0.15) is 5.69 Å². The van der Waals surface area contributed by atoms with Gasteiger partial charge in [0.15, 0.2) is 6.29 Å². The van der Waals surface area contributed by atoms with E-state index in [1.54, 1.807) is 17.8 Å². The number of rotatable bonds is 5. The molecule has 2 aliphatic heterocycles. The van der Waals surface area contributed by atoms with Crippen LogP contribution in [0.15, 0.2) is 30.3 Å². The van der Waals surface area contributed by atoms with Gasteiger partial charge in [-0.3, -0.25) is 9.48 Å². The predicted molar refractivity (Wildman–Crippen MR) is 111 cm³/mol. The van der Waals surface area contributed by atoms with Crippen molar-refractivity contribution < 1.29 is 23.6 Å². The Balaban J connectivity index is 1.38. The van der Waals surface area contributed by atoms with Crippen LogP contribution in [0.1, 0.15) is 55.6 Å². The number of hydrogen-bond acceptors (Lipinski definition) is 6. The van der Waals surface area contributed by atoms with E-state index in [9.17, 15) is 4.79 Å². The van der Waals surface area contributed by atoms with E-state index in [2.05, 4.69) is 10.4 Å². The Morgan fingerprint density at radius 2 is 1.73 bits per heavy atom. The van der Waals surface area contributed by atoms with Crippen molar-refractivity contribution in [2.75, 3.05) is 13.2 Å². The Morgan fingerprint density at radius 1 is 1.13 bits per heavy atom. The summed E-state index contributed by atoms with van der Waals surface area (Å²) in [7, 11) is 1.21. The summed E-state index contributed by atoms with van der Waals surface area (Å²) in [6.07, 6.45) is -0.296. The standard InChI is InChI=1S/C21H28BN3O5/c1-20(2)21(3,4)30-22(29-20)17-12-16(24-25(17)5)18(26)23-13-14-6-8-15(9-7-14)19-27-10-11-28-19/h6-9,12,19H,10-11,13H2,1-5H3,(H,23,26). The van der Waals surface area contributed by atoms with Gasteiger partial charge in [0, 0.05) is 19.2 Å². The fraction of sp³-hybridized carbons (Fsp3) is 0.524. The molecular weight excluding hydrogens is 385 g/mol. The SMILES string of the molecule is Cn1nc(C(=O)NCc2ccc(C3OCCO3)cc2)cc1B1OC(C)(C)C(C)(C)O1. The van der Waals surface area contributed by atoms with Crippen LogP contribution in [0.2, 0.25) is 0 Å². The van der Waals surface area contributed by atoms with Crippen LogP contribution in [0, 0.1) is 0 Å². The highest BCUT2D eigenvalue weighted by molar-refractivity contribution is 6.61. The average Bonchev–Trinajstić information content (AvgIpc) is 3.39. The molecular formula is C21H28BN3O5. The highest BCUT2D eigenvalue weighted by Crippen LogP contribution is 2.36. The number of ether oxygens (including phenoxy) is 2. The smallest absolute Gasteiger partial charge is 0.398 e. The Labute approximate surface area is 177 Å². The molecule has 0 spiro atoms. The molecule has 2 aromatic rings. The number of nitrogens with zero attached hydrogens (tertiary/aromatic N) is 2. The van der Waals surface area contributed by atoms with E-state index in [4.69, 9.17) is 18.8 Å². The van der Waals surface area contributed by atoms with Gasteiger partial charge in [0.05, 0.1) is 30.0 Å². The number of carbonyl (C=O) groups excluding carboxylic acids is 1. The summed E-state index contributed by atoms with van der Waals surface area (Å²) < 4.78 is 24.8. The fourth-order valence-corrected chi connectivity index (χ4v) is 3.39. The van der Waals surface area contributed by atoms with Gasteiger partial charge >= 0.3 is 7.12 Å². The lowest BCUT2D eigenvalue weighted by Gasteiger charge is -2.32. The monoisotopic (exact) mass is 413 g/mol.